The highest BCUT2D eigenvalue weighted by molar-refractivity contribution is 5.85. The van der Waals surface area contributed by atoms with Crippen molar-refractivity contribution in [3.63, 3.8) is 0 Å². The van der Waals surface area contributed by atoms with Crippen molar-refractivity contribution in [2.24, 2.45) is 11.8 Å². The number of carbonyl (C=O) groups excluding carboxylic acids is 1. The maximum atomic E-state index is 12.5. The predicted molar refractivity (Wildman–Crippen MR) is 81.1 cm³/mol. The van der Waals surface area contributed by atoms with Gasteiger partial charge in [-0.05, 0) is 51.1 Å². The molecule has 0 saturated carbocycles. The average Bonchev–Trinajstić information content (AvgIpc) is 2.97. The Labute approximate surface area is 128 Å². The highest BCUT2D eigenvalue weighted by Crippen LogP contribution is 2.30. The zero-order valence-corrected chi connectivity index (χ0v) is 13.0. The second-order valence-electron chi connectivity index (χ2n) is 6.32. The second kappa shape index (κ2) is 7.62. The first kappa shape index (κ1) is 16.1. The van der Waals surface area contributed by atoms with Crippen LogP contribution in [0.4, 0.5) is 0 Å². The smallest absolute Gasteiger partial charge is 0.222 e. The number of carbonyl (C=O) groups is 1. The lowest BCUT2D eigenvalue weighted by molar-refractivity contribution is -0.141. The molecule has 3 rings (SSSR count). The number of ether oxygens (including phenoxy) is 1. The fourth-order valence-electron chi connectivity index (χ4n) is 3.90. The Kier molecular flexibility index (Phi) is 6.12. The number of hydrogen-bond acceptors (Lipinski definition) is 3. The molecular formula is C15H27ClN2O2. The SMILES string of the molecule is Cl.O=C(CCC1CCNC1)N1CCCC2COCCC21. The highest BCUT2D eigenvalue weighted by atomic mass is 35.5. The molecule has 3 saturated heterocycles. The predicted octanol–water partition coefficient (Wildman–Crippen LogP) is 1.83. The van der Waals surface area contributed by atoms with Gasteiger partial charge >= 0.3 is 0 Å². The Morgan fingerprint density at radius 3 is 3.00 bits per heavy atom. The van der Waals surface area contributed by atoms with Gasteiger partial charge in [0.2, 0.25) is 5.91 Å². The summed E-state index contributed by atoms with van der Waals surface area (Å²) in [5.41, 5.74) is 0. The van der Waals surface area contributed by atoms with Crippen LogP contribution < -0.4 is 5.32 Å². The van der Waals surface area contributed by atoms with Crippen LogP contribution in [0.5, 0.6) is 0 Å². The molecule has 3 fully saturated rings. The van der Waals surface area contributed by atoms with Crippen LogP contribution in [-0.4, -0.2) is 49.7 Å². The van der Waals surface area contributed by atoms with Gasteiger partial charge in [0.1, 0.15) is 0 Å². The van der Waals surface area contributed by atoms with Gasteiger partial charge in [-0.15, -0.1) is 12.4 Å². The van der Waals surface area contributed by atoms with Gasteiger partial charge in [0.25, 0.3) is 0 Å². The fourth-order valence-corrected chi connectivity index (χ4v) is 3.90. The van der Waals surface area contributed by atoms with E-state index in [4.69, 9.17) is 4.74 Å². The van der Waals surface area contributed by atoms with Crippen LogP contribution in [0, 0.1) is 11.8 Å². The monoisotopic (exact) mass is 302 g/mol. The summed E-state index contributed by atoms with van der Waals surface area (Å²) in [6.45, 7) is 4.90. The zero-order chi connectivity index (χ0) is 13.1. The van der Waals surface area contributed by atoms with E-state index in [1.807, 2.05) is 0 Å². The molecule has 0 radical (unpaired) electrons. The molecule has 4 nitrogen and oxygen atoms in total. The van der Waals surface area contributed by atoms with Crippen molar-refractivity contribution in [1.82, 2.24) is 10.2 Å². The lowest BCUT2D eigenvalue weighted by Crippen LogP contribution is -2.52. The van der Waals surface area contributed by atoms with Gasteiger partial charge in [0.05, 0.1) is 6.61 Å². The fraction of sp³-hybridized carbons (Fsp3) is 0.933. The van der Waals surface area contributed by atoms with Crippen molar-refractivity contribution >= 4 is 18.3 Å². The Balaban J connectivity index is 0.00000147. The third-order valence-electron chi connectivity index (χ3n) is 5.06. The minimum Gasteiger partial charge on any atom is -0.381 e. The van der Waals surface area contributed by atoms with E-state index in [9.17, 15) is 4.79 Å². The molecule has 3 aliphatic heterocycles. The van der Waals surface area contributed by atoms with Crippen LogP contribution in [0.25, 0.3) is 0 Å². The van der Waals surface area contributed by atoms with Gasteiger partial charge in [-0.2, -0.15) is 0 Å². The molecule has 3 aliphatic rings. The Hall–Kier alpha value is -0.320. The number of amides is 1. The van der Waals surface area contributed by atoms with E-state index in [1.165, 1.54) is 12.8 Å². The zero-order valence-electron chi connectivity index (χ0n) is 12.2. The molecule has 0 aliphatic carbocycles. The van der Waals surface area contributed by atoms with Crippen molar-refractivity contribution < 1.29 is 9.53 Å². The first-order chi connectivity index (χ1) is 9.34. The quantitative estimate of drug-likeness (QED) is 0.865. The summed E-state index contributed by atoms with van der Waals surface area (Å²) < 4.78 is 5.56. The molecule has 3 heterocycles. The summed E-state index contributed by atoms with van der Waals surface area (Å²) in [4.78, 5) is 14.7. The van der Waals surface area contributed by atoms with E-state index >= 15 is 0 Å². The lowest BCUT2D eigenvalue weighted by atomic mass is 9.86. The lowest BCUT2D eigenvalue weighted by Gasteiger charge is -2.44. The van der Waals surface area contributed by atoms with E-state index in [-0.39, 0.29) is 12.4 Å². The first-order valence-electron chi connectivity index (χ1n) is 7.92. The summed E-state index contributed by atoms with van der Waals surface area (Å²) in [6, 6.07) is 0.469. The van der Waals surface area contributed by atoms with E-state index in [1.54, 1.807) is 0 Å². The van der Waals surface area contributed by atoms with Gasteiger partial charge in [0, 0.05) is 31.5 Å². The third-order valence-corrected chi connectivity index (χ3v) is 5.06. The van der Waals surface area contributed by atoms with Gasteiger partial charge in [-0.1, -0.05) is 0 Å². The minimum atomic E-state index is 0. The normalized spacial score (nSPS) is 33.4. The minimum absolute atomic E-state index is 0. The average molecular weight is 303 g/mol. The number of halogens is 1. The number of nitrogens with zero attached hydrogens (tertiary/aromatic N) is 1. The molecule has 0 spiro atoms. The van der Waals surface area contributed by atoms with E-state index in [2.05, 4.69) is 10.2 Å². The molecule has 3 atom stereocenters. The topological polar surface area (TPSA) is 41.6 Å². The number of fused-ring (bicyclic) bond motifs is 1. The maximum absolute atomic E-state index is 12.5. The van der Waals surface area contributed by atoms with E-state index < -0.39 is 0 Å². The second-order valence-corrected chi connectivity index (χ2v) is 6.32. The Morgan fingerprint density at radius 2 is 2.20 bits per heavy atom. The van der Waals surface area contributed by atoms with E-state index in [0.29, 0.717) is 17.9 Å². The van der Waals surface area contributed by atoms with Crippen LogP contribution in [0.1, 0.15) is 38.5 Å². The van der Waals surface area contributed by atoms with Crippen LogP contribution in [0.2, 0.25) is 0 Å². The van der Waals surface area contributed by atoms with Crippen molar-refractivity contribution in [1.29, 1.82) is 0 Å². The van der Waals surface area contributed by atoms with Gasteiger partial charge < -0.3 is 15.0 Å². The van der Waals surface area contributed by atoms with E-state index in [0.717, 1.165) is 64.4 Å². The Morgan fingerprint density at radius 1 is 1.30 bits per heavy atom. The molecule has 3 unspecified atom stereocenters. The number of hydrogen-bond donors (Lipinski definition) is 1. The third kappa shape index (κ3) is 3.66. The number of likely N-dealkylation sites (tertiary alicyclic amines) is 1. The summed E-state index contributed by atoms with van der Waals surface area (Å²) in [6.07, 6.45) is 6.49. The van der Waals surface area contributed by atoms with Gasteiger partial charge in [-0.3, -0.25) is 4.79 Å². The molecule has 1 N–H and O–H groups in total. The molecule has 0 aromatic heterocycles. The first-order valence-corrected chi connectivity index (χ1v) is 7.92. The number of rotatable bonds is 3. The largest absolute Gasteiger partial charge is 0.381 e. The number of piperidine rings is 1. The van der Waals surface area contributed by atoms with Gasteiger partial charge in [0.15, 0.2) is 0 Å². The summed E-state index contributed by atoms with van der Waals surface area (Å²) >= 11 is 0. The Bertz CT molecular complexity index is 319. The molecule has 20 heavy (non-hydrogen) atoms. The molecular weight excluding hydrogens is 276 g/mol. The van der Waals surface area contributed by atoms with Crippen molar-refractivity contribution in [3.05, 3.63) is 0 Å². The molecule has 1 amide bonds. The summed E-state index contributed by atoms with van der Waals surface area (Å²) in [5.74, 6) is 1.71. The van der Waals surface area contributed by atoms with Crippen LogP contribution in [0.3, 0.4) is 0 Å². The molecule has 5 heteroatoms. The van der Waals surface area contributed by atoms with Crippen molar-refractivity contribution in [2.75, 3.05) is 32.8 Å². The molecule has 0 aromatic rings. The van der Waals surface area contributed by atoms with Crippen LogP contribution in [0.15, 0.2) is 0 Å². The van der Waals surface area contributed by atoms with Crippen molar-refractivity contribution in [3.8, 4) is 0 Å². The summed E-state index contributed by atoms with van der Waals surface area (Å²) in [5, 5.41) is 3.38. The highest BCUT2D eigenvalue weighted by Gasteiger charge is 2.36. The standard InChI is InChI=1S/C15H26N2O2.ClH/c18-15(4-3-12-5-7-16-10-12)17-8-1-2-13-11-19-9-6-14(13)17;/h12-14,16H,1-11H2;1H. The number of nitrogens with one attached hydrogen (secondary N) is 1. The molecule has 116 valence electrons. The molecule has 0 bridgehead atoms. The van der Waals surface area contributed by atoms with Crippen molar-refractivity contribution in [2.45, 2.75) is 44.6 Å². The van der Waals surface area contributed by atoms with Gasteiger partial charge in [-0.25, -0.2) is 0 Å². The van der Waals surface area contributed by atoms with Crippen LogP contribution >= 0.6 is 12.4 Å². The summed E-state index contributed by atoms with van der Waals surface area (Å²) in [7, 11) is 0. The maximum Gasteiger partial charge on any atom is 0.222 e. The molecule has 0 aromatic carbocycles. The van der Waals surface area contributed by atoms with Crippen LogP contribution in [-0.2, 0) is 9.53 Å².